The number of benzene rings is 2. The molecule has 0 unspecified atom stereocenters. The summed E-state index contributed by atoms with van der Waals surface area (Å²) in [6.07, 6.45) is 0.767. The van der Waals surface area contributed by atoms with E-state index in [2.05, 4.69) is 18.8 Å². The maximum atomic E-state index is 13.4. The number of carbonyl (C=O) groups is 2. The molecule has 0 fully saturated rings. The average Bonchev–Trinajstić information content (AvgIpc) is 2.78. The fraction of sp³-hybridized carbons (Fsp3) is 0.333. The van der Waals surface area contributed by atoms with Gasteiger partial charge in [-0.2, -0.15) is 0 Å². The fourth-order valence-electron chi connectivity index (χ4n) is 3.29. The number of aromatic nitrogens is 2. The highest BCUT2D eigenvalue weighted by Crippen LogP contribution is 2.22. The van der Waals surface area contributed by atoms with E-state index in [9.17, 15) is 18.8 Å². The third kappa shape index (κ3) is 6.41. The molecule has 1 aromatic heterocycles. The lowest BCUT2D eigenvalue weighted by molar-refractivity contribution is -0.118. The van der Waals surface area contributed by atoms with Crippen LogP contribution in [0.1, 0.15) is 26.7 Å². The van der Waals surface area contributed by atoms with Gasteiger partial charge in [-0.05, 0) is 48.7 Å². The van der Waals surface area contributed by atoms with Gasteiger partial charge in [-0.1, -0.05) is 37.7 Å². The molecule has 33 heavy (non-hydrogen) atoms. The Bertz CT molecular complexity index is 1190. The number of nitrogens with two attached hydrogens (primary N) is 1. The number of nitrogens with zero attached hydrogens (tertiary/aromatic N) is 3. The summed E-state index contributed by atoms with van der Waals surface area (Å²) in [5.74, 6) is -0.884. The van der Waals surface area contributed by atoms with E-state index in [0.717, 1.165) is 6.42 Å². The first-order valence-electron chi connectivity index (χ1n) is 10.7. The standard InChI is InChI=1S/C24H27FN4O3S/c1-16(2)11-13-29-23(32)19-5-3-4-6-20(19)27-24(29)33-15-22(31)28(14-12-21(26)30)18-9-7-17(25)8-10-18/h3-10,16H,11-15H2,1-2H3,(H2,26,30). The normalized spacial score (nSPS) is 11.2. The minimum Gasteiger partial charge on any atom is -0.370 e. The Kier molecular flexibility index (Phi) is 8.21. The molecule has 174 valence electrons. The highest BCUT2D eigenvalue weighted by atomic mass is 32.2. The molecule has 0 aliphatic carbocycles. The van der Waals surface area contributed by atoms with E-state index in [-0.39, 0.29) is 30.2 Å². The van der Waals surface area contributed by atoms with E-state index in [4.69, 9.17) is 5.73 Å². The van der Waals surface area contributed by atoms with Crippen molar-refractivity contribution in [3.8, 4) is 0 Å². The van der Waals surface area contributed by atoms with Crippen LogP contribution in [0.2, 0.25) is 0 Å². The lowest BCUT2D eigenvalue weighted by atomic mass is 10.1. The number of primary amides is 1. The number of hydrogen-bond donors (Lipinski definition) is 1. The zero-order valence-corrected chi connectivity index (χ0v) is 19.5. The van der Waals surface area contributed by atoms with Gasteiger partial charge in [-0.3, -0.25) is 19.0 Å². The first-order valence-corrected chi connectivity index (χ1v) is 11.7. The van der Waals surface area contributed by atoms with Gasteiger partial charge in [0.2, 0.25) is 11.8 Å². The van der Waals surface area contributed by atoms with Gasteiger partial charge in [0.05, 0.1) is 16.7 Å². The number of anilines is 1. The van der Waals surface area contributed by atoms with Crippen LogP contribution in [0.15, 0.2) is 58.5 Å². The smallest absolute Gasteiger partial charge is 0.262 e. The van der Waals surface area contributed by atoms with Gasteiger partial charge < -0.3 is 10.6 Å². The summed E-state index contributed by atoms with van der Waals surface area (Å²) in [6, 6.07) is 12.6. The van der Waals surface area contributed by atoms with E-state index in [1.165, 1.54) is 40.9 Å². The molecule has 9 heteroatoms. The number of para-hydroxylation sites is 1. The molecule has 0 aliphatic rings. The maximum Gasteiger partial charge on any atom is 0.262 e. The van der Waals surface area contributed by atoms with Crippen molar-refractivity contribution in [3.63, 3.8) is 0 Å². The summed E-state index contributed by atoms with van der Waals surface area (Å²) in [5, 5.41) is 0.994. The minimum absolute atomic E-state index is 0.0113. The highest BCUT2D eigenvalue weighted by molar-refractivity contribution is 7.99. The molecule has 0 aliphatic heterocycles. The monoisotopic (exact) mass is 470 g/mol. The first kappa shape index (κ1) is 24.4. The Morgan fingerprint density at radius 3 is 2.52 bits per heavy atom. The molecule has 2 N–H and O–H groups in total. The second-order valence-electron chi connectivity index (χ2n) is 8.08. The van der Waals surface area contributed by atoms with Crippen LogP contribution >= 0.6 is 11.8 Å². The Hall–Kier alpha value is -3.20. The summed E-state index contributed by atoms with van der Waals surface area (Å²) < 4.78 is 15.0. The van der Waals surface area contributed by atoms with Crippen molar-refractivity contribution in [1.82, 2.24) is 9.55 Å². The molecular formula is C24H27FN4O3S. The number of halogens is 1. The molecule has 0 radical (unpaired) electrons. The van der Waals surface area contributed by atoms with E-state index in [1.54, 1.807) is 22.8 Å². The predicted octanol–water partition coefficient (Wildman–Crippen LogP) is 3.58. The highest BCUT2D eigenvalue weighted by Gasteiger charge is 2.19. The van der Waals surface area contributed by atoms with Crippen LogP contribution in [0.5, 0.6) is 0 Å². The van der Waals surface area contributed by atoms with Crippen molar-refractivity contribution in [2.75, 3.05) is 17.2 Å². The number of fused-ring (bicyclic) bond motifs is 1. The number of amides is 2. The SMILES string of the molecule is CC(C)CCn1c(SCC(=O)N(CCC(N)=O)c2ccc(F)cc2)nc2ccccc2c1=O. The van der Waals surface area contributed by atoms with Crippen molar-refractivity contribution >= 4 is 40.2 Å². The molecule has 7 nitrogen and oxygen atoms in total. The topological polar surface area (TPSA) is 98.3 Å². The molecular weight excluding hydrogens is 443 g/mol. The van der Waals surface area contributed by atoms with Crippen LogP contribution in [-0.4, -0.2) is 33.7 Å². The molecule has 0 saturated heterocycles. The van der Waals surface area contributed by atoms with Crippen molar-refractivity contribution in [1.29, 1.82) is 0 Å². The zero-order valence-electron chi connectivity index (χ0n) is 18.7. The Morgan fingerprint density at radius 2 is 1.85 bits per heavy atom. The van der Waals surface area contributed by atoms with Gasteiger partial charge in [-0.15, -0.1) is 0 Å². The second-order valence-corrected chi connectivity index (χ2v) is 9.02. The van der Waals surface area contributed by atoms with Crippen LogP contribution in [0.25, 0.3) is 10.9 Å². The van der Waals surface area contributed by atoms with Crippen LogP contribution < -0.4 is 16.2 Å². The molecule has 0 bridgehead atoms. The molecule has 3 aromatic rings. The summed E-state index contributed by atoms with van der Waals surface area (Å²) in [7, 11) is 0. The van der Waals surface area contributed by atoms with Gasteiger partial charge in [0.1, 0.15) is 5.82 Å². The Morgan fingerprint density at radius 1 is 1.15 bits per heavy atom. The van der Waals surface area contributed by atoms with E-state index < -0.39 is 11.7 Å². The first-order chi connectivity index (χ1) is 15.8. The van der Waals surface area contributed by atoms with Crippen molar-refractivity contribution in [2.24, 2.45) is 11.7 Å². The average molecular weight is 471 g/mol. The third-order valence-corrected chi connectivity index (χ3v) is 6.06. The van der Waals surface area contributed by atoms with Crippen molar-refractivity contribution < 1.29 is 14.0 Å². The van der Waals surface area contributed by atoms with E-state index >= 15 is 0 Å². The second kappa shape index (κ2) is 11.1. The van der Waals surface area contributed by atoms with Gasteiger partial charge in [0, 0.05) is 25.2 Å². The fourth-order valence-corrected chi connectivity index (χ4v) is 4.19. The van der Waals surface area contributed by atoms with Crippen LogP contribution in [0, 0.1) is 11.7 Å². The molecule has 1 heterocycles. The summed E-state index contributed by atoms with van der Waals surface area (Å²) in [5.41, 5.74) is 6.16. The Labute approximate surface area is 195 Å². The lowest BCUT2D eigenvalue weighted by Crippen LogP contribution is -2.35. The lowest BCUT2D eigenvalue weighted by Gasteiger charge is -2.22. The molecule has 0 saturated carbocycles. The molecule has 2 amide bonds. The van der Waals surface area contributed by atoms with Crippen LogP contribution in [-0.2, 0) is 16.1 Å². The van der Waals surface area contributed by atoms with Crippen molar-refractivity contribution in [2.45, 2.75) is 38.4 Å². The van der Waals surface area contributed by atoms with E-state index in [0.29, 0.717) is 34.2 Å². The predicted molar refractivity (Wildman–Crippen MR) is 129 cm³/mol. The number of thioether (sulfide) groups is 1. The molecule has 3 rings (SSSR count). The van der Waals surface area contributed by atoms with E-state index in [1.807, 2.05) is 6.07 Å². The number of rotatable bonds is 10. The molecule has 0 atom stereocenters. The van der Waals surface area contributed by atoms with Crippen LogP contribution in [0.3, 0.4) is 0 Å². The molecule has 2 aromatic carbocycles. The number of hydrogen-bond acceptors (Lipinski definition) is 5. The summed E-state index contributed by atoms with van der Waals surface area (Å²) in [4.78, 5) is 43.5. The Balaban J connectivity index is 1.87. The summed E-state index contributed by atoms with van der Waals surface area (Å²) in [6.45, 7) is 4.73. The van der Waals surface area contributed by atoms with Crippen molar-refractivity contribution in [3.05, 3.63) is 64.7 Å². The quantitative estimate of drug-likeness (QED) is 0.361. The zero-order chi connectivity index (χ0) is 24.0. The van der Waals surface area contributed by atoms with Gasteiger partial charge in [-0.25, -0.2) is 9.37 Å². The molecule has 0 spiro atoms. The minimum atomic E-state index is -0.540. The number of carbonyl (C=O) groups excluding carboxylic acids is 2. The van der Waals surface area contributed by atoms with Gasteiger partial charge in [0.15, 0.2) is 5.16 Å². The van der Waals surface area contributed by atoms with Crippen LogP contribution in [0.4, 0.5) is 10.1 Å². The third-order valence-electron chi connectivity index (χ3n) is 5.10. The van der Waals surface area contributed by atoms with Gasteiger partial charge >= 0.3 is 0 Å². The van der Waals surface area contributed by atoms with Gasteiger partial charge in [0.25, 0.3) is 5.56 Å². The summed E-state index contributed by atoms with van der Waals surface area (Å²) >= 11 is 1.17. The largest absolute Gasteiger partial charge is 0.370 e. The maximum absolute atomic E-state index is 13.4.